The first-order chi connectivity index (χ1) is 13.4. The Hall–Kier alpha value is -2.52. The molecule has 4 rings (SSSR count). The molecule has 1 fully saturated rings. The predicted molar refractivity (Wildman–Crippen MR) is 97.8 cm³/mol. The third kappa shape index (κ3) is 3.35. The molecule has 2 aliphatic rings. The number of fused-ring (bicyclic) bond motifs is 1. The van der Waals surface area contributed by atoms with E-state index in [1.54, 1.807) is 25.1 Å². The first-order valence-electron chi connectivity index (χ1n) is 9.07. The van der Waals surface area contributed by atoms with Crippen molar-refractivity contribution < 1.29 is 31.8 Å². The van der Waals surface area contributed by atoms with Gasteiger partial charge in [-0.3, -0.25) is 0 Å². The molecule has 0 aliphatic carbocycles. The van der Waals surface area contributed by atoms with Crippen molar-refractivity contribution in [1.29, 1.82) is 0 Å². The van der Waals surface area contributed by atoms with E-state index in [4.69, 9.17) is 18.6 Å². The monoisotopic (exact) mass is 407 g/mol. The number of hydrogen-bond donors (Lipinski definition) is 0. The van der Waals surface area contributed by atoms with Crippen molar-refractivity contribution in [3.63, 3.8) is 0 Å². The van der Waals surface area contributed by atoms with E-state index >= 15 is 0 Å². The van der Waals surface area contributed by atoms with Crippen LogP contribution in [0.15, 0.2) is 33.6 Å². The molecule has 0 saturated carbocycles. The molecule has 0 spiro atoms. The van der Waals surface area contributed by atoms with E-state index in [0.29, 0.717) is 24.6 Å². The number of furan rings is 1. The van der Waals surface area contributed by atoms with E-state index in [2.05, 4.69) is 0 Å². The standard InChI is InChI=1S/C19H21NO7S/c1-12(14-5-6-15-16(9-14)25-11-24-15)27-19(21)17-10-18(13(2)26-17)28(22,23)20-7-3-4-8-20/h5-6,9-10,12H,3-4,7-8,11H2,1-2H3/t12-/m1/s1. The summed E-state index contributed by atoms with van der Waals surface area (Å²) in [5, 5.41) is 0. The van der Waals surface area contributed by atoms with Gasteiger partial charge in [-0.15, -0.1) is 0 Å². The van der Waals surface area contributed by atoms with Gasteiger partial charge in [0.1, 0.15) is 16.8 Å². The Balaban J connectivity index is 1.51. The summed E-state index contributed by atoms with van der Waals surface area (Å²) in [4.78, 5) is 12.5. The molecule has 0 N–H and O–H groups in total. The van der Waals surface area contributed by atoms with Crippen LogP contribution in [-0.4, -0.2) is 38.6 Å². The van der Waals surface area contributed by atoms with E-state index in [-0.39, 0.29) is 23.2 Å². The van der Waals surface area contributed by atoms with Gasteiger partial charge >= 0.3 is 5.97 Å². The van der Waals surface area contributed by atoms with Gasteiger partial charge in [-0.2, -0.15) is 4.31 Å². The molecule has 3 heterocycles. The number of aryl methyl sites for hydroxylation is 1. The van der Waals surface area contributed by atoms with Crippen LogP contribution in [-0.2, 0) is 14.8 Å². The van der Waals surface area contributed by atoms with Gasteiger partial charge in [0, 0.05) is 19.2 Å². The fourth-order valence-corrected chi connectivity index (χ4v) is 5.02. The maximum absolute atomic E-state index is 12.7. The highest BCUT2D eigenvalue weighted by atomic mass is 32.2. The molecule has 0 radical (unpaired) electrons. The molecule has 0 bridgehead atoms. The fourth-order valence-electron chi connectivity index (χ4n) is 3.34. The van der Waals surface area contributed by atoms with Crippen LogP contribution in [0.25, 0.3) is 0 Å². The lowest BCUT2D eigenvalue weighted by Crippen LogP contribution is -2.28. The largest absolute Gasteiger partial charge is 0.454 e. The molecule has 2 aromatic rings. The average Bonchev–Trinajstić information content (AvgIpc) is 3.41. The van der Waals surface area contributed by atoms with Crippen LogP contribution in [0.1, 0.15) is 47.7 Å². The summed E-state index contributed by atoms with van der Waals surface area (Å²) in [5.74, 6) is 0.544. The zero-order valence-electron chi connectivity index (χ0n) is 15.6. The number of carbonyl (C=O) groups is 1. The van der Waals surface area contributed by atoms with Crippen molar-refractivity contribution in [2.24, 2.45) is 0 Å². The molecule has 0 unspecified atom stereocenters. The highest BCUT2D eigenvalue weighted by molar-refractivity contribution is 7.89. The lowest BCUT2D eigenvalue weighted by atomic mass is 10.1. The SMILES string of the molecule is Cc1oc(C(=O)O[C@H](C)c2ccc3c(c2)OCO3)cc1S(=O)(=O)N1CCCC1. The van der Waals surface area contributed by atoms with Crippen LogP contribution < -0.4 is 9.47 Å². The quantitative estimate of drug-likeness (QED) is 0.703. The minimum absolute atomic E-state index is 0.0112. The van der Waals surface area contributed by atoms with E-state index < -0.39 is 22.1 Å². The van der Waals surface area contributed by atoms with Gasteiger partial charge in [0.15, 0.2) is 11.5 Å². The van der Waals surface area contributed by atoms with Gasteiger partial charge in [-0.1, -0.05) is 6.07 Å². The topological polar surface area (TPSA) is 95.3 Å². The lowest BCUT2D eigenvalue weighted by molar-refractivity contribution is 0.0299. The Morgan fingerprint density at radius 2 is 1.86 bits per heavy atom. The molecule has 1 aromatic carbocycles. The first kappa shape index (κ1) is 18.8. The average molecular weight is 407 g/mol. The second kappa shape index (κ2) is 7.14. The molecule has 150 valence electrons. The maximum Gasteiger partial charge on any atom is 0.374 e. The summed E-state index contributed by atoms with van der Waals surface area (Å²) in [6.07, 6.45) is 1.09. The van der Waals surface area contributed by atoms with Crippen molar-refractivity contribution in [2.45, 2.75) is 37.7 Å². The summed E-state index contributed by atoms with van der Waals surface area (Å²) >= 11 is 0. The summed E-state index contributed by atoms with van der Waals surface area (Å²) in [5.41, 5.74) is 0.728. The van der Waals surface area contributed by atoms with Crippen LogP contribution in [0.5, 0.6) is 11.5 Å². The molecule has 1 saturated heterocycles. The maximum atomic E-state index is 12.7. The molecular weight excluding hydrogens is 386 g/mol. The van der Waals surface area contributed by atoms with Crippen LogP contribution >= 0.6 is 0 Å². The van der Waals surface area contributed by atoms with E-state index in [9.17, 15) is 13.2 Å². The summed E-state index contributed by atoms with van der Waals surface area (Å²) in [7, 11) is -3.67. The van der Waals surface area contributed by atoms with Crippen molar-refractivity contribution in [1.82, 2.24) is 4.31 Å². The molecular formula is C19H21NO7S. The highest BCUT2D eigenvalue weighted by Gasteiger charge is 2.32. The minimum Gasteiger partial charge on any atom is -0.454 e. The molecule has 1 atom stereocenters. The molecule has 9 heteroatoms. The number of hydrogen-bond acceptors (Lipinski definition) is 7. The lowest BCUT2D eigenvalue weighted by Gasteiger charge is -2.14. The zero-order valence-corrected chi connectivity index (χ0v) is 16.5. The van der Waals surface area contributed by atoms with Crippen LogP contribution in [0.3, 0.4) is 0 Å². The van der Waals surface area contributed by atoms with Gasteiger partial charge < -0.3 is 18.6 Å². The van der Waals surface area contributed by atoms with Crippen LogP contribution in [0, 0.1) is 6.92 Å². The second-order valence-corrected chi connectivity index (χ2v) is 8.71. The van der Waals surface area contributed by atoms with Crippen molar-refractivity contribution >= 4 is 16.0 Å². The second-order valence-electron chi connectivity index (χ2n) is 6.80. The predicted octanol–water partition coefficient (Wildman–Crippen LogP) is 3.02. The Bertz CT molecular complexity index is 1010. The smallest absolute Gasteiger partial charge is 0.374 e. The fraction of sp³-hybridized carbons (Fsp3) is 0.421. The summed E-state index contributed by atoms with van der Waals surface area (Å²) in [6, 6.07) is 6.52. The number of sulfonamides is 1. The van der Waals surface area contributed by atoms with E-state index in [1.807, 2.05) is 0 Å². The highest BCUT2D eigenvalue weighted by Crippen LogP contribution is 2.35. The van der Waals surface area contributed by atoms with Crippen molar-refractivity contribution in [3.05, 3.63) is 41.3 Å². The number of benzene rings is 1. The molecule has 28 heavy (non-hydrogen) atoms. The van der Waals surface area contributed by atoms with Crippen LogP contribution in [0.2, 0.25) is 0 Å². The zero-order chi connectivity index (χ0) is 19.9. The number of nitrogens with zero attached hydrogens (tertiary/aromatic N) is 1. The Labute approximate surface area is 163 Å². The summed E-state index contributed by atoms with van der Waals surface area (Å²) < 4.78 is 48.3. The van der Waals surface area contributed by atoms with Gasteiger partial charge in [0.25, 0.3) is 0 Å². The first-order valence-corrected chi connectivity index (χ1v) is 10.5. The molecule has 1 aromatic heterocycles. The van der Waals surface area contributed by atoms with Crippen molar-refractivity contribution in [3.8, 4) is 11.5 Å². The Morgan fingerprint density at radius 1 is 1.14 bits per heavy atom. The van der Waals surface area contributed by atoms with Crippen LogP contribution in [0.4, 0.5) is 0 Å². The van der Waals surface area contributed by atoms with E-state index in [1.165, 1.54) is 17.3 Å². The normalized spacial score (nSPS) is 17.6. The molecule has 0 amide bonds. The van der Waals surface area contributed by atoms with Gasteiger partial charge in [-0.25, -0.2) is 13.2 Å². The van der Waals surface area contributed by atoms with Gasteiger partial charge in [0.2, 0.25) is 22.6 Å². The van der Waals surface area contributed by atoms with Gasteiger partial charge in [0.05, 0.1) is 0 Å². The van der Waals surface area contributed by atoms with E-state index in [0.717, 1.165) is 18.4 Å². The Morgan fingerprint density at radius 3 is 2.61 bits per heavy atom. The minimum atomic E-state index is -3.67. The molecule has 8 nitrogen and oxygen atoms in total. The summed E-state index contributed by atoms with van der Waals surface area (Å²) in [6.45, 7) is 4.36. The van der Waals surface area contributed by atoms with Crippen molar-refractivity contribution in [2.75, 3.05) is 19.9 Å². The Kier molecular flexibility index (Phi) is 4.80. The number of carbonyl (C=O) groups excluding carboxylic acids is 1. The number of rotatable bonds is 5. The third-order valence-electron chi connectivity index (χ3n) is 4.91. The number of ether oxygens (including phenoxy) is 3. The molecule has 2 aliphatic heterocycles. The third-order valence-corrected chi connectivity index (χ3v) is 6.91. The number of esters is 1. The van der Waals surface area contributed by atoms with Gasteiger partial charge in [-0.05, 0) is 44.4 Å².